The quantitative estimate of drug-likeness (QED) is 0.880. The molecule has 0 aliphatic carbocycles. The molecule has 1 amide bonds. The van der Waals surface area contributed by atoms with Gasteiger partial charge in [-0.2, -0.15) is 5.10 Å². The molecule has 1 aromatic carbocycles. The number of aromatic nitrogens is 2. The summed E-state index contributed by atoms with van der Waals surface area (Å²) in [5.41, 5.74) is -0.107. The number of nitrogens with one attached hydrogen (secondary N) is 1. The highest BCUT2D eigenvalue weighted by molar-refractivity contribution is 5.80. The Morgan fingerprint density at radius 2 is 2.04 bits per heavy atom. The molecule has 0 saturated carbocycles. The van der Waals surface area contributed by atoms with Crippen molar-refractivity contribution in [2.45, 2.75) is 39.3 Å². The topological polar surface area (TPSA) is 67.2 Å². The Kier molecular flexibility index (Phi) is 5.03. The third kappa shape index (κ3) is 3.79. The van der Waals surface area contributed by atoms with E-state index in [9.17, 15) is 18.7 Å². The van der Waals surface area contributed by atoms with Crippen molar-refractivity contribution in [2.24, 2.45) is 0 Å². The van der Waals surface area contributed by atoms with Gasteiger partial charge in [0.1, 0.15) is 23.3 Å². The van der Waals surface area contributed by atoms with Crippen LogP contribution in [-0.2, 0) is 10.4 Å². The van der Waals surface area contributed by atoms with Crippen molar-refractivity contribution in [3.05, 3.63) is 52.9 Å². The predicted molar refractivity (Wildman–Crippen MR) is 85.4 cm³/mol. The maximum atomic E-state index is 13.8. The normalized spacial score (nSPS) is 15.0. The zero-order valence-corrected chi connectivity index (χ0v) is 14.1. The van der Waals surface area contributed by atoms with Crippen LogP contribution < -0.4 is 5.32 Å². The lowest BCUT2D eigenvalue weighted by Crippen LogP contribution is -2.42. The van der Waals surface area contributed by atoms with Gasteiger partial charge in [0.15, 0.2) is 0 Å². The van der Waals surface area contributed by atoms with Crippen molar-refractivity contribution in [2.75, 3.05) is 6.54 Å². The molecule has 2 rings (SSSR count). The molecular formula is C17H21F2N3O2. The Labute approximate surface area is 139 Å². The summed E-state index contributed by atoms with van der Waals surface area (Å²) >= 11 is 0. The van der Waals surface area contributed by atoms with Crippen LogP contribution in [0.3, 0.4) is 0 Å². The lowest BCUT2D eigenvalue weighted by Gasteiger charge is -2.25. The number of rotatable bonds is 5. The average molecular weight is 337 g/mol. The lowest BCUT2D eigenvalue weighted by atomic mass is 9.95. The molecule has 0 radical (unpaired) electrons. The number of aliphatic hydroxyl groups is 1. The number of halogens is 2. The van der Waals surface area contributed by atoms with E-state index in [1.54, 1.807) is 11.6 Å². The zero-order valence-electron chi connectivity index (χ0n) is 14.1. The van der Waals surface area contributed by atoms with Crippen molar-refractivity contribution < 1.29 is 18.7 Å². The number of amides is 1. The van der Waals surface area contributed by atoms with Gasteiger partial charge in [-0.3, -0.25) is 9.48 Å². The predicted octanol–water partition coefficient (Wildman–Crippen LogP) is 2.36. The molecule has 130 valence electrons. The van der Waals surface area contributed by atoms with Crippen LogP contribution in [0.5, 0.6) is 0 Å². The fourth-order valence-corrected chi connectivity index (χ4v) is 2.58. The fraction of sp³-hybridized carbons (Fsp3) is 0.412. The van der Waals surface area contributed by atoms with Crippen LogP contribution in [0.15, 0.2) is 24.3 Å². The molecule has 0 fully saturated rings. The lowest BCUT2D eigenvalue weighted by molar-refractivity contribution is -0.125. The number of carbonyl (C=O) groups excluding carboxylic acids is 1. The first-order chi connectivity index (χ1) is 11.1. The molecule has 2 N–H and O–H groups in total. The van der Waals surface area contributed by atoms with E-state index in [2.05, 4.69) is 10.4 Å². The van der Waals surface area contributed by atoms with Gasteiger partial charge in [0.25, 0.3) is 0 Å². The molecule has 0 aliphatic rings. The molecule has 2 unspecified atom stereocenters. The van der Waals surface area contributed by atoms with Gasteiger partial charge in [0, 0.05) is 17.3 Å². The van der Waals surface area contributed by atoms with Crippen LogP contribution in [0.4, 0.5) is 8.78 Å². The minimum Gasteiger partial charge on any atom is -0.383 e. The van der Waals surface area contributed by atoms with Crippen molar-refractivity contribution in [1.29, 1.82) is 0 Å². The molecular weight excluding hydrogens is 316 g/mol. The molecule has 2 aromatic rings. The summed E-state index contributed by atoms with van der Waals surface area (Å²) in [6.07, 6.45) is 0. The van der Waals surface area contributed by atoms with Crippen LogP contribution in [0.25, 0.3) is 0 Å². The van der Waals surface area contributed by atoms with Crippen molar-refractivity contribution in [1.82, 2.24) is 15.1 Å². The molecule has 7 heteroatoms. The summed E-state index contributed by atoms with van der Waals surface area (Å²) in [5.74, 6) is -1.95. The molecule has 24 heavy (non-hydrogen) atoms. The molecule has 1 aromatic heterocycles. The Hall–Kier alpha value is -2.28. The van der Waals surface area contributed by atoms with Gasteiger partial charge in [-0.25, -0.2) is 8.78 Å². The van der Waals surface area contributed by atoms with E-state index in [-0.39, 0.29) is 18.0 Å². The fourth-order valence-electron chi connectivity index (χ4n) is 2.58. The van der Waals surface area contributed by atoms with Crippen molar-refractivity contribution >= 4 is 5.91 Å². The van der Waals surface area contributed by atoms with Crippen molar-refractivity contribution in [3.8, 4) is 0 Å². The van der Waals surface area contributed by atoms with Gasteiger partial charge in [0.05, 0.1) is 12.2 Å². The summed E-state index contributed by atoms with van der Waals surface area (Å²) < 4.78 is 28.4. The Morgan fingerprint density at radius 3 is 2.58 bits per heavy atom. The highest BCUT2D eigenvalue weighted by Crippen LogP contribution is 2.23. The maximum absolute atomic E-state index is 13.8. The van der Waals surface area contributed by atoms with E-state index < -0.39 is 23.3 Å². The number of hydrogen-bond donors (Lipinski definition) is 2. The van der Waals surface area contributed by atoms with E-state index in [4.69, 9.17) is 0 Å². The first kappa shape index (κ1) is 18.1. The van der Waals surface area contributed by atoms with Crippen LogP contribution in [-0.4, -0.2) is 27.3 Å². The van der Waals surface area contributed by atoms with E-state index in [0.29, 0.717) is 6.07 Å². The number of nitrogens with zero attached hydrogens (tertiary/aromatic N) is 2. The summed E-state index contributed by atoms with van der Waals surface area (Å²) in [6.45, 7) is 6.50. The molecule has 0 spiro atoms. The number of hydrogen-bond acceptors (Lipinski definition) is 3. The van der Waals surface area contributed by atoms with Crippen LogP contribution in [0, 0.1) is 25.5 Å². The number of carbonyl (C=O) groups is 1. The molecule has 5 nitrogen and oxygen atoms in total. The van der Waals surface area contributed by atoms with Gasteiger partial charge in [-0.05, 0) is 39.8 Å². The van der Waals surface area contributed by atoms with E-state index >= 15 is 0 Å². The largest absolute Gasteiger partial charge is 0.383 e. The summed E-state index contributed by atoms with van der Waals surface area (Å²) in [5, 5.41) is 17.3. The Bertz CT molecular complexity index is 756. The number of aryl methyl sites for hydroxylation is 2. The molecule has 1 heterocycles. The zero-order chi connectivity index (χ0) is 18.1. The highest BCUT2D eigenvalue weighted by Gasteiger charge is 2.28. The Morgan fingerprint density at radius 1 is 1.38 bits per heavy atom. The Balaban J connectivity index is 2.08. The third-order valence-electron chi connectivity index (χ3n) is 3.91. The summed E-state index contributed by atoms with van der Waals surface area (Å²) in [6, 6.07) is 4.21. The first-order valence-electron chi connectivity index (χ1n) is 7.60. The van der Waals surface area contributed by atoms with Gasteiger partial charge < -0.3 is 10.4 Å². The van der Waals surface area contributed by atoms with E-state index in [0.717, 1.165) is 17.5 Å². The van der Waals surface area contributed by atoms with Crippen LogP contribution in [0.1, 0.15) is 36.8 Å². The van der Waals surface area contributed by atoms with Crippen molar-refractivity contribution in [3.63, 3.8) is 0 Å². The van der Waals surface area contributed by atoms with Crippen LogP contribution in [0.2, 0.25) is 0 Å². The standard InChI is InChI=1S/C17H21F2N3O2/c1-10-7-11(2)22(21-10)12(3)16(23)20-9-17(4,24)14-6-5-13(18)8-15(14)19/h5-8,12,24H,9H2,1-4H3,(H,20,23). The molecule has 0 saturated heterocycles. The minimum atomic E-state index is -1.66. The SMILES string of the molecule is Cc1cc(C)n(C(C)C(=O)NCC(C)(O)c2ccc(F)cc2F)n1. The minimum absolute atomic E-state index is 0.0806. The maximum Gasteiger partial charge on any atom is 0.244 e. The second-order valence-corrected chi connectivity index (χ2v) is 6.16. The molecule has 0 aliphatic heterocycles. The number of benzene rings is 1. The summed E-state index contributed by atoms with van der Waals surface area (Å²) in [7, 11) is 0. The third-order valence-corrected chi connectivity index (χ3v) is 3.91. The second-order valence-electron chi connectivity index (χ2n) is 6.16. The monoisotopic (exact) mass is 337 g/mol. The molecule has 0 bridgehead atoms. The average Bonchev–Trinajstić information content (AvgIpc) is 2.82. The van der Waals surface area contributed by atoms with E-state index in [1.807, 2.05) is 19.9 Å². The first-order valence-corrected chi connectivity index (χ1v) is 7.60. The second kappa shape index (κ2) is 6.68. The summed E-state index contributed by atoms with van der Waals surface area (Å²) in [4.78, 5) is 12.3. The van der Waals surface area contributed by atoms with Gasteiger partial charge in [-0.1, -0.05) is 6.07 Å². The van der Waals surface area contributed by atoms with Gasteiger partial charge in [0.2, 0.25) is 5.91 Å². The smallest absolute Gasteiger partial charge is 0.244 e. The van der Waals surface area contributed by atoms with E-state index in [1.165, 1.54) is 13.0 Å². The van der Waals surface area contributed by atoms with Gasteiger partial charge in [-0.15, -0.1) is 0 Å². The highest BCUT2D eigenvalue weighted by atomic mass is 19.1. The molecule has 2 atom stereocenters. The van der Waals surface area contributed by atoms with Gasteiger partial charge >= 0.3 is 0 Å². The van der Waals surface area contributed by atoms with Crippen LogP contribution >= 0.6 is 0 Å².